The molecule has 2 heteroatoms. The molecule has 0 aromatic heterocycles. The van der Waals surface area contributed by atoms with Gasteiger partial charge in [0.2, 0.25) is 0 Å². The average molecular weight is 112 g/mol. The third-order valence-electron chi connectivity index (χ3n) is 0.628. The van der Waals surface area contributed by atoms with E-state index in [9.17, 15) is 4.79 Å². The number of aldehydes is 1. The van der Waals surface area contributed by atoms with Gasteiger partial charge >= 0.3 is 0 Å². The third-order valence-corrected chi connectivity index (χ3v) is 0.628. The lowest BCUT2D eigenvalue weighted by Gasteiger charge is -1.90. The van der Waals surface area contributed by atoms with Crippen LogP contribution >= 0.6 is 0 Å². The van der Waals surface area contributed by atoms with Crippen LogP contribution in [-0.2, 0) is 4.79 Å². The second kappa shape index (κ2) is 4.27. The van der Waals surface area contributed by atoms with E-state index in [1.807, 2.05) is 0 Å². The molecule has 0 heterocycles. The molecule has 44 valence electrons. The summed E-state index contributed by atoms with van der Waals surface area (Å²) in [5.41, 5.74) is 0. The fourth-order valence-corrected chi connectivity index (χ4v) is 0.238. The summed E-state index contributed by atoms with van der Waals surface area (Å²) in [7, 11) is 0. The van der Waals surface area contributed by atoms with E-state index in [-0.39, 0.29) is 0 Å². The Hall–Kier alpha value is -0.890. The first-order valence-corrected chi connectivity index (χ1v) is 2.24. The summed E-state index contributed by atoms with van der Waals surface area (Å²) in [6, 6.07) is 0. The highest BCUT2D eigenvalue weighted by atomic mass is 16.3. The smallest absolute Gasteiger partial charge is 0.142 e. The van der Waals surface area contributed by atoms with Crippen molar-refractivity contribution < 1.29 is 9.90 Å². The van der Waals surface area contributed by atoms with E-state index in [0.717, 1.165) is 0 Å². The minimum Gasteiger partial charge on any atom is -0.385 e. The minimum absolute atomic E-state index is 0.604. The van der Waals surface area contributed by atoms with Gasteiger partial charge in [0.05, 0.1) is 6.10 Å². The molecule has 0 saturated carbocycles. The quantitative estimate of drug-likeness (QED) is 0.323. The molecule has 0 spiro atoms. The summed E-state index contributed by atoms with van der Waals surface area (Å²) in [5, 5.41) is 8.63. The fourth-order valence-electron chi connectivity index (χ4n) is 0.238. The SMILES string of the molecule is C=CC(O)C=CC=O. The van der Waals surface area contributed by atoms with Crippen molar-refractivity contribution >= 4 is 6.29 Å². The van der Waals surface area contributed by atoms with E-state index in [0.29, 0.717) is 6.29 Å². The van der Waals surface area contributed by atoms with Crippen LogP contribution in [0.3, 0.4) is 0 Å². The Kier molecular flexibility index (Phi) is 3.80. The molecule has 0 aromatic carbocycles. The number of aliphatic hydroxyl groups excluding tert-OH is 1. The number of hydrogen-bond acceptors (Lipinski definition) is 2. The van der Waals surface area contributed by atoms with Gasteiger partial charge in [-0.25, -0.2) is 0 Å². The standard InChI is InChI=1S/C6H8O2/c1-2-6(8)4-3-5-7/h2-6,8H,1H2. The molecule has 1 unspecified atom stereocenters. The van der Waals surface area contributed by atoms with Crippen LogP contribution in [0, 0.1) is 0 Å². The number of aliphatic hydroxyl groups is 1. The maximum absolute atomic E-state index is 9.59. The predicted octanol–water partition coefficient (Wildman–Crippen LogP) is 0.288. The Balaban J connectivity index is 3.50. The van der Waals surface area contributed by atoms with Crippen LogP contribution in [0.5, 0.6) is 0 Å². The Morgan fingerprint density at radius 2 is 2.25 bits per heavy atom. The van der Waals surface area contributed by atoms with E-state index in [4.69, 9.17) is 5.11 Å². The van der Waals surface area contributed by atoms with E-state index < -0.39 is 6.10 Å². The number of rotatable bonds is 3. The summed E-state index contributed by atoms with van der Waals surface area (Å²) >= 11 is 0. The summed E-state index contributed by atoms with van der Waals surface area (Å²) in [6.07, 6.45) is 3.82. The Morgan fingerprint density at radius 3 is 2.62 bits per heavy atom. The van der Waals surface area contributed by atoms with Crippen LogP contribution in [0.25, 0.3) is 0 Å². The zero-order valence-corrected chi connectivity index (χ0v) is 4.45. The Morgan fingerprint density at radius 1 is 1.62 bits per heavy atom. The molecule has 2 nitrogen and oxygen atoms in total. The lowest BCUT2D eigenvalue weighted by atomic mass is 10.3. The zero-order valence-electron chi connectivity index (χ0n) is 4.45. The van der Waals surface area contributed by atoms with Gasteiger partial charge in [0.25, 0.3) is 0 Å². The fraction of sp³-hybridized carbons (Fsp3) is 0.167. The number of carbonyl (C=O) groups excluding carboxylic acids is 1. The summed E-state index contributed by atoms with van der Waals surface area (Å²) < 4.78 is 0. The molecule has 0 saturated heterocycles. The van der Waals surface area contributed by atoms with Gasteiger partial charge in [-0.2, -0.15) is 0 Å². The van der Waals surface area contributed by atoms with Crippen molar-refractivity contribution in [3.8, 4) is 0 Å². The maximum atomic E-state index is 9.59. The molecule has 0 aliphatic heterocycles. The molecule has 1 N–H and O–H groups in total. The van der Waals surface area contributed by atoms with Gasteiger partial charge in [-0.1, -0.05) is 6.08 Å². The average Bonchev–Trinajstić information content (AvgIpc) is 1.83. The summed E-state index contributed by atoms with van der Waals surface area (Å²) in [5.74, 6) is 0. The van der Waals surface area contributed by atoms with Gasteiger partial charge in [-0.05, 0) is 12.2 Å². The molecule has 0 radical (unpaired) electrons. The zero-order chi connectivity index (χ0) is 6.41. The molecule has 0 aromatic rings. The predicted molar refractivity (Wildman–Crippen MR) is 31.4 cm³/mol. The normalized spacial score (nSPS) is 13.6. The number of carbonyl (C=O) groups is 1. The van der Waals surface area contributed by atoms with Crippen molar-refractivity contribution in [2.24, 2.45) is 0 Å². The van der Waals surface area contributed by atoms with Crippen LogP contribution < -0.4 is 0 Å². The van der Waals surface area contributed by atoms with Gasteiger partial charge in [0.15, 0.2) is 0 Å². The molecule has 0 aliphatic rings. The lowest BCUT2D eigenvalue weighted by molar-refractivity contribution is -0.104. The molecule has 0 fully saturated rings. The van der Waals surface area contributed by atoms with E-state index in [2.05, 4.69) is 6.58 Å². The van der Waals surface area contributed by atoms with Gasteiger partial charge in [-0.3, -0.25) is 4.79 Å². The molecule has 0 aliphatic carbocycles. The third kappa shape index (κ3) is 3.31. The molecule has 8 heavy (non-hydrogen) atoms. The molecule has 0 amide bonds. The van der Waals surface area contributed by atoms with Crippen molar-refractivity contribution in [3.05, 3.63) is 24.8 Å². The second-order valence-electron chi connectivity index (χ2n) is 1.25. The first-order chi connectivity index (χ1) is 3.81. The van der Waals surface area contributed by atoms with E-state index >= 15 is 0 Å². The Bertz CT molecular complexity index is 105. The van der Waals surface area contributed by atoms with E-state index in [1.54, 1.807) is 0 Å². The van der Waals surface area contributed by atoms with Crippen molar-refractivity contribution in [2.75, 3.05) is 0 Å². The highest BCUT2D eigenvalue weighted by Crippen LogP contribution is 1.82. The second-order valence-corrected chi connectivity index (χ2v) is 1.25. The van der Waals surface area contributed by atoms with Crippen LogP contribution in [0.2, 0.25) is 0 Å². The van der Waals surface area contributed by atoms with Crippen LogP contribution in [0.1, 0.15) is 0 Å². The first kappa shape index (κ1) is 7.11. The highest BCUT2D eigenvalue weighted by molar-refractivity contribution is 5.64. The van der Waals surface area contributed by atoms with Crippen molar-refractivity contribution in [3.63, 3.8) is 0 Å². The Labute approximate surface area is 48.1 Å². The molecular weight excluding hydrogens is 104 g/mol. The van der Waals surface area contributed by atoms with Crippen LogP contribution in [-0.4, -0.2) is 17.5 Å². The summed E-state index contributed by atoms with van der Waals surface area (Å²) in [6.45, 7) is 3.30. The maximum Gasteiger partial charge on any atom is 0.142 e. The van der Waals surface area contributed by atoms with Crippen molar-refractivity contribution in [1.82, 2.24) is 0 Å². The molecule has 0 bridgehead atoms. The topological polar surface area (TPSA) is 37.3 Å². The van der Waals surface area contributed by atoms with Crippen molar-refractivity contribution in [1.29, 1.82) is 0 Å². The first-order valence-electron chi connectivity index (χ1n) is 2.24. The van der Waals surface area contributed by atoms with Gasteiger partial charge < -0.3 is 5.11 Å². The molecular formula is C6H8O2. The highest BCUT2D eigenvalue weighted by Gasteiger charge is 1.84. The number of allylic oxidation sites excluding steroid dienone is 1. The molecule has 0 rings (SSSR count). The monoisotopic (exact) mass is 112 g/mol. The lowest BCUT2D eigenvalue weighted by Crippen LogP contribution is -1.93. The van der Waals surface area contributed by atoms with Gasteiger partial charge in [-0.15, -0.1) is 6.58 Å². The largest absolute Gasteiger partial charge is 0.385 e. The van der Waals surface area contributed by atoms with Crippen molar-refractivity contribution in [2.45, 2.75) is 6.10 Å². The van der Waals surface area contributed by atoms with Crippen LogP contribution in [0.15, 0.2) is 24.8 Å². The molecule has 1 atom stereocenters. The van der Waals surface area contributed by atoms with E-state index in [1.165, 1.54) is 18.2 Å². The van der Waals surface area contributed by atoms with Gasteiger partial charge in [0.1, 0.15) is 6.29 Å². The van der Waals surface area contributed by atoms with Crippen LogP contribution in [0.4, 0.5) is 0 Å². The minimum atomic E-state index is -0.694. The summed E-state index contributed by atoms with van der Waals surface area (Å²) in [4.78, 5) is 9.59. The van der Waals surface area contributed by atoms with Gasteiger partial charge in [0, 0.05) is 0 Å². The number of hydrogen-bond donors (Lipinski definition) is 1.